The van der Waals surface area contributed by atoms with Crippen LogP contribution in [0.2, 0.25) is 10.0 Å². The first-order valence-electron chi connectivity index (χ1n) is 10.6. The fourth-order valence-electron chi connectivity index (χ4n) is 3.84. The van der Waals surface area contributed by atoms with E-state index in [-0.39, 0.29) is 45.3 Å². The largest absolute Gasteiger partial charge is 0.507 e. The summed E-state index contributed by atoms with van der Waals surface area (Å²) < 4.78 is 16.2. The van der Waals surface area contributed by atoms with Crippen molar-refractivity contribution in [2.75, 3.05) is 27.4 Å². The maximum Gasteiger partial charge on any atom is 0.295 e. The molecule has 0 saturated carbocycles. The third-order valence-electron chi connectivity index (χ3n) is 5.33. The minimum Gasteiger partial charge on any atom is -0.507 e. The predicted molar refractivity (Wildman–Crippen MR) is 129 cm³/mol. The zero-order valence-electron chi connectivity index (χ0n) is 19.3. The van der Waals surface area contributed by atoms with Gasteiger partial charge in [0.2, 0.25) is 0 Å². The average Bonchev–Trinajstić information content (AvgIpc) is 3.06. The molecule has 1 N–H and O–H groups in total. The number of likely N-dealkylation sites (tertiary alicyclic amines) is 1. The predicted octanol–water partition coefficient (Wildman–Crippen LogP) is 4.64. The van der Waals surface area contributed by atoms with Crippen LogP contribution in [0.5, 0.6) is 11.5 Å². The van der Waals surface area contributed by atoms with Crippen molar-refractivity contribution in [3.63, 3.8) is 0 Å². The standard InChI is InChI=1S/C24H26Cl2N2O6/c1-13(2)34-10-6-9-28-19(14-7-5-8-27-12-14)17(21(30)24(28)31)20(29)15-11-16(25)23(33-4)18(26)22(15)32-3/h5,7-8,11-13,19,29H,6,9-10H2,1-4H3/b20-17+. The molecule has 0 radical (unpaired) electrons. The van der Waals surface area contributed by atoms with Crippen LogP contribution in [0.4, 0.5) is 0 Å². The molecule has 0 bridgehead atoms. The zero-order chi connectivity index (χ0) is 25.0. The molecule has 1 fully saturated rings. The highest BCUT2D eigenvalue weighted by Gasteiger charge is 2.46. The van der Waals surface area contributed by atoms with E-state index in [4.69, 9.17) is 37.4 Å². The first-order valence-corrected chi connectivity index (χ1v) is 11.4. The van der Waals surface area contributed by atoms with Crippen LogP contribution >= 0.6 is 23.2 Å². The fraction of sp³-hybridized carbons (Fsp3) is 0.375. The van der Waals surface area contributed by atoms with Crippen LogP contribution in [0.3, 0.4) is 0 Å². The first kappa shape index (κ1) is 25.8. The van der Waals surface area contributed by atoms with Gasteiger partial charge in [-0.05, 0) is 38.0 Å². The molecule has 0 spiro atoms. The fourth-order valence-corrected chi connectivity index (χ4v) is 4.53. The molecule has 1 aliphatic rings. The number of aromatic nitrogens is 1. The van der Waals surface area contributed by atoms with E-state index in [1.165, 1.54) is 25.2 Å². The second kappa shape index (κ2) is 11.1. The number of amides is 1. The summed E-state index contributed by atoms with van der Waals surface area (Å²) in [4.78, 5) is 31.7. The highest BCUT2D eigenvalue weighted by atomic mass is 35.5. The molecule has 8 nitrogen and oxygen atoms in total. The highest BCUT2D eigenvalue weighted by molar-refractivity contribution is 6.47. The molecule has 1 amide bonds. The number of hydrogen-bond acceptors (Lipinski definition) is 7. The number of aliphatic hydroxyl groups excluding tert-OH is 1. The molecule has 2 aromatic rings. The third kappa shape index (κ3) is 4.99. The Bertz CT molecular complexity index is 1100. The van der Waals surface area contributed by atoms with Gasteiger partial charge in [0.05, 0.1) is 42.5 Å². The quantitative estimate of drug-likeness (QED) is 0.228. The summed E-state index contributed by atoms with van der Waals surface area (Å²) in [5, 5.41) is 11.5. The molecule has 1 aromatic heterocycles. The maximum absolute atomic E-state index is 13.2. The van der Waals surface area contributed by atoms with Crippen molar-refractivity contribution >= 4 is 40.7 Å². The van der Waals surface area contributed by atoms with Crippen LogP contribution in [0.15, 0.2) is 36.2 Å². The van der Waals surface area contributed by atoms with Gasteiger partial charge in [0.25, 0.3) is 11.7 Å². The molecule has 1 unspecified atom stereocenters. The Kier molecular flexibility index (Phi) is 8.41. The second-order valence-corrected chi connectivity index (χ2v) is 8.62. The number of Topliss-reactive ketones (excluding diaryl/α,β-unsaturated/α-hetero) is 1. The van der Waals surface area contributed by atoms with Crippen molar-refractivity contribution in [2.24, 2.45) is 0 Å². The third-order valence-corrected chi connectivity index (χ3v) is 5.95. The van der Waals surface area contributed by atoms with E-state index in [0.29, 0.717) is 18.6 Å². The van der Waals surface area contributed by atoms with Gasteiger partial charge in [-0.1, -0.05) is 29.3 Å². The van der Waals surface area contributed by atoms with Gasteiger partial charge in [0, 0.05) is 25.5 Å². The first-order chi connectivity index (χ1) is 16.2. The Labute approximate surface area is 208 Å². The maximum atomic E-state index is 13.2. The van der Waals surface area contributed by atoms with Gasteiger partial charge in [-0.2, -0.15) is 0 Å². The number of rotatable bonds is 9. The molecule has 1 atom stereocenters. The van der Waals surface area contributed by atoms with E-state index < -0.39 is 23.5 Å². The Morgan fingerprint density at radius 2 is 1.91 bits per heavy atom. The molecule has 2 heterocycles. The summed E-state index contributed by atoms with van der Waals surface area (Å²) >= 11 is 12.7. The van der Waals surface area contributed by atoms with Crippen LogP contribution in [0, 0.1) is 0 Å². The highest BCUT2D eigenvalue weighted by Crippen LogP contribution is 2.47. The lowest BCUT2D eigenvalue weighted by Gasteiger charge is -2.25. The van der Waals surface area contributed by atoms with Gasteiger partial charge in [-0.15, -0.1) is 0 Å². The molecule has 34 heavy (non-hydrogen) atoms. The number of pyridine rings is 1. The Morgan fingerprint density at radius 1 is 1.21 bits per heavy atom. The van der Waals surface area contributed by atoms with E-state index >= 15 is 0 Å². The Hall–Kier alpha value is -2.81. The van der Waals surface area contributed by atoms with E-state index in [2.05, 4.69) is 4.98 Å². The molecule has 1 aromatic carbocycles. The van der Waals surface area contributed by atoms with Crippen molar-refractivity contribution in [3.05, 3.63) is 57.3 Å². The van der Waals surface area contributed by atoms with Gasteiger partial charge >= 0.3 is 0 Å². The summed E-state index contributed by atoms with van der Waals surface area (Å²) in [6.45, 7) is 4.49. The number of halogens is 2. The number of carbonyl (C=O) groups excluding carboxylic acids is 2. The Balaban J connectivity index is 2.15. The van der Waals surface area contributed by atoms with Crippen LogP contribution in [0.25, 0.3) is 5.76 Å². The lowest BCUT2D eigenvalue weighted by atomic mass is 9.96. The van der Waals surface area contributed by atoms with Crippen molar-refractivity contribution in [1.29, 1.82) is 0 Å². The number of nitrogens with zero attached hydrogens (tertiary/aromatic N) is 2. The van der Waals surface area contributed by atoms with Crippen molar-refractivity contribution < 1.29 is 28.9 Å². The summed E-state index contributed by atoms with van der Waals surface area (Å²) in [5.41, 5.74) is 0.518. The topological polar surface area (TPSA) is 98.2 Å². The van der Waals surface area contributed by atoms with Gasteiger partial charge in [-0.3, -0.25) is 14.6 Å². The molecular formula is C24H26Cl2N2O6. The zero-order valence-corrected chi connectivity index (χ0v) is 20.8. The summed E-state index contributed by atoms with van der Waals surface area (Å²) in [6.07, 6.45) is 3.68. The van der Waals surface area contributed by atoms with E-state index in [9.17, 15) is 14.7 Å². The van der Waals surface area contributed by atoms with Crippen LogP contribution in [0.1, 0.15) is 37.4 Å². The summed E-state index contributed by atoms with van der Waals surface area (Å²) in [5.74, 6) is -1.81. The van der Waals surface area contributed by atoms with E-state index in [0.717, 1.165) is 0 Å². The minimum absolute atomic E-state index is 0.0250. The average molecular weight is 509 g/mol. The van der Waals surface area contributed by atoms with E-state index in [1.807, 2.05) is 13.8 Å². The summed E-state index contributed by atoms with van der Waals surface area (Å²) in [6, 6.07) is 3.95. The molecule has 3 rings (SSSR count). The number of hydrogen-bond donors (Lipinski definition) is 1. The minimum atomic E-state index is -0.864. The Morgan fingerprint density at radius 3 is 2.50 bits per heavy atom. The number of ketones is 1. The number of methoxy groups -OCH3 is 2. The van der Waals surface area contributed by atoms with Gasteiger partial charge < -0.3 is 24.2 Å². The molecule has 182 valence electrons. The smallest absolute Gasteiger partial charge is 0.295 e. The number of benzene rings is 1. The van der Waals surface area contributed by atoms with Gasteiger partial charge in [0.15, 0.2) is 11.5 Å². The van der Waals surface area contributed by atoms with Crippen molar-refractivity contribution in [1.82, 2.24) is 9.88 Å². The molecule has 1 saturated heterocycles. The number of ether oxygens (including phenoxy) is 3. The SMILES string of the molecule is COc1c(Cl)cc(/C(O)=C2\C(=O)C(=O)N(CCCOC(C)C)C2c2cccnc2)c(OC)c1Cl. The number of carbonyl (C=O) groups is 2. The van der Waals surface area contributed by atoms with Gasteiger partial charge in [-0.25, -0.2) is 0 Å². The molecule has 0 aliphatic carbocycles. The lowest BCUT2D eigenvalue weighted by molar-refractivity contribution is -0.140. The number of aliphatic hydroxyl groups is 1. The molecule has 10 heteroatoms. The van der Waals surface area contributed by atoms with Crippen molar-refractivity contribution in [2.45, 2.75) is 32.4 Å². The monoisotopic (exact) mass is 508 g/mol. The molecular weight excluding hydrogens is 483 g/mol. The molecule has 1 aliphatic heterocycles. The lowest BCUT2D eigenvalue weighted by Crippen LogP contribution is -2.31. The van der Waals surface area contributed by atoms with Crippen LogP contribution in [-0.2, 0) is 14.3 Å². The van der Waals surface area contributed by atoms with Crippen molar-refractivity contribution in [3.8, 4) is 11.5 Å². The van der Waals surface area contributed by atoms with Crippen LogP contribution < -0.4 is 9.47 Å². The van der Waals surface area contributed by atoms with Gasteiger partial charge in [0.1, 0.15) is 10.8 Å². The van der Waals surface area contributed by atoms with E-state index in [1.54, 1.807) is 24.5 Å². The normalized spacial score (nSPS) is 17.5. The summed E-state index contributed by atoms with van der Waals surface area (Å²) in [7, 11) is 2.75. The van der Waals surface area contributed by atoms with Crippen LogP contribution in [-0.4, -0.2) is 60.2 Å². The second-order valence-electron chi connectivity index (χ2n) is 7.84.